The first kappa shape index (κ1) is 59.6. The molecule has 362 valence electrons. The predicted molar refractivity (Wildman–Crippen MR) is 266 cm³/mol. The molecule has 0 saturated carbocycles. The number of rotatable bonds is 49. The molecule has 0 fully saturated rings. The minimum Gasteiger partial charge on any atom is -0.462 e. The van der Waals surface area contributed by atoms with Gasteiger partial charge in [-0.15, -0.1) is 0 Å². The van der Waals surface area contributed by atoms with Crippen molar-refractivity contribution < 1.29 is 28.6 Å². The van der Waals surface area contributed by atoms with Crippen LogP contribution in [0.5, 0.6) is 0 Å². The Balaban J connectivity index is 4.37. The molecule has 0 amide bonds. The zero-order valence-electron chi connectivity index (χ0n) is 41.4. The van der Waals surface area contributed by atoms with Crippen LogP contribution >= 0.6 is 0 Å². The van der Waals surface area contributed by atoms with Crippen LogP contribution in [0.25, 0.3) is 0 Å². The molecule has 0 aliphatic heterocycles. The smallest absolute Gasteiger partial charge is 0.306 e. The lowest BCUT2D eigenvalue weighted by Crippen LogP contribution is -2.30. The summed E-state index contributed by atoms with van der Waals surface area (Å²) in [6.45, 7) is 6.61. The van der Waals surface area contributed by atoms with Crippen LogP contribution in [0.15, 0.2) is 36.5 Å². The quantitative estimate of drug-likeness (QED) is 0.0262. The van der Waals surface area contributed by atoms with E-state index in [9.17, 15) is 14.4 Å². The second-order valence-electron chi connectivity index (χ2n) is 18.1. The molecule has 0 saturated heterocycles. The van der Waals surface area contributed by atoms with Gasteiger partial charge in [0.15, 0.2) is 6.10 Å². The van der Waals surface area contributed by atoms with E-state index in [1.54, 1.807) is 0 Å². The van der Waals surface area contributed by atoms with E-state index >= 15 is 0 Å². The largest absolute Gasteiger partial charge is 0.462 e. The van der Waals surface area contributed by atoms with Crippen molar-refractivity contribution in [1.82, 2.24) is 0 Å². The Bertz CT molecular complexity index is 1050. The Morgan fingerprint density at radius 3 is 0.952 bits per heavy atom. The summed E-state index contributed by atoms with van der Waals surface area (Å²) in [6, 6.07) is 0. The standard InChI is InChI=1S/C56H102O6/c1-4-7-10-13-16-19-22-25-27-29-31-34-37-40-43-46-49-55(58)61-52-53(51-60-54(57)48-45-42-39-36-33-30-24-21-18-15-12-9-6-3)62-56(59)50-47-44-41-38-35-32-28-26-23-20-17-14-11-8-5-2/h17,20-21,24,26,28,53H,4-16,18-19,22-23,25,27,29-52H2,1-3H3/b20-17-,24-21-,28-26-/t53-/m1/s1. The number of allylic oxidation sites excluding steroid dienone is 6. The van der Waals surface area contributed by atoms with Crippen LogP contribution in [0, 0.1) is 0 Å². The van der Waals surface area contributed by atoms with E-state index in [0.717, 1.165) is 89.9 Å². The SMILES string of the molecule is CCCCC/C=C\C/C=C\CCCCCCCC(=O)O[C@H](COC(=O)CCCCCCC/C=C\CCCCCC)COC(=O)CCCCCCCCCCCCCCCCCC. The second kappa shape index (κ2) is 51.3. The maximum absolute atomic E-state index is 12.8. The Morgan fingerprint density at radius 2 is 0.581 bits per heavy atom. The lowest BCUT2D eigenvalue weighted by molar-refractivity contribution is -0.167. The first-order chi connectivity index (χ1) is 30.5. The van der Waals surface area contributed by atoms with Gasteiger partial charge in [0.1, 0.15) is 13.2 Å². The van der Waals surface area contributed by atoms with E-state index in [-0.39, 0.29) is 31.1 Å². The average molecular weight is 871 g/mol. The summed E-state index contributed by atoms with van der Waals surface area (Å²) in [6.07, 6.45) is 59.8. The molecule has 0 bridgehead atoms. The van der Waals surface area contributed by atoms with Crippen LogP contribution in [0.4, 0.5) is 0 Å². The molecule has 6 heteroatoms. The second-order valence-corrected chi connectivity index (χ2v) is 18.1. The highest BCUT2D eigenvalue weighted by Crippen LogP contribution is 2.16. The number of ether oxygens (including phenoxy) is 3. The van der Waals surface area contributed by atoms with Crippen molar-refractivity contribution in [2.24, 2.45) is 0 Å². The van der Waals surface area contributed by atoms with Crippen LogP contribution in [-0.2, 0) is 28.6 Å². The fraction of sp³-hybridized carbons (Fsp3) is 0.839. The Kier molecular flexibility index (Phi) is 49.3. The number of carbonyl (C=O) groups excluding carboxylic acids is 3. The van der Waals surface area contributed by atoms with Crippen LogP contribution < -0.4 is 0 Å². The Hall–Kier alpha value is -2.37. The summed E-state index contributed by atoms with van der Waals surface area (Å²) in [5.74, 6) is -0.888. The lowest BCUT2D eigenvalue weighted by atomic mass is 10.0. The van der Waals surface area contributed by atoms with Gasteiger partial charge in [-0.2, -0.15) is 0 Å². The van der Waals surface area contributed by atoms with Gasteiger partial charge in [0.25, 0.3) is 0 Å². The monoisotopic (exact) mass is 871 g/mol. The topological polar surface area (TPSA) is 78.9 Å². The predicted octanol–water partition coefficient (Wildman–Crippen LogP) is 17.7. The van der Waals surface area contributed by atoms with Gasteiger partial charge < -0.3 is 14.2 Å². The third kappa shape index (κ3) is 48.7. The molecule has 0 N–H and O–H groups in total. The fourth-order valence-electron chi connectivity index (χ4n) is 7.76. The molecule has 0 aromatic rings. The van der Waals surface area contributed by atoms with Crippen molar-refractivity contribution in [3.05, 3.63) is 36.5 Å². The number of carbonyl (C=O) groups is 3. The first-order valence-electron chi connectivity index (χ1n) is 27.0. The van der Waals surface area contributed by atoms with Crippen LogP contribution in [0.2, 0.25) is 0 Å². The summed E-state index contributed by atoms with van der Waals surface area (Å²) in [5.41, 5.74) is 0. The van der Waals surface area contributed by atoms with Gasteiger partial charge in [0.2, 0.25) is 0 Å². The molecule has 0 radical (unpaired) electrons. The molecule has 6 nitrogen and oxygen atoms in total. The third-order valence-electron chi connectivity index (χ3n) is 11.9. The maximum atomic E-state index is 12.8. The number of hydrogen-bond acceptors (Lipinski definition) is 6. The molecule has 0 aliphatic carbocycles. The van der Waals surface area contributed by atoms with Gasteiger partial charge in [0.05, 0.1) is 0 Å². The van der Waals surface area contributed by atoms with E-state index in [2.05, 4.69) is 57.2 Å². The molecule has 0 heterocycles. The van der Waals surface area contributed by atoms with E-state index < -0.39 is 6.10 Å². The minimum atomic E-state index is -0.779. The van der Waals surface area contributed by atoms with E-state index in [4.69, 9.17) is 14.2 Å². The summed E-state index contributed by atoms with van der Waals surface area (Å²) in [4.78, 5) is 38.0. The molecule has 0 aromatic carbocycles. The number of hydrogen-bond donors (Lipinski definition) is 0. The Labute approximate surface area is 385 Å². The molecular weight excluding hydrogens is 769 g/mol. The van der Waals surface area contributed by atoms with Gasteiger partial charge in [-0.25, -0.2) is 0 Å². The van der Waals surface area contributed by atoms with Crippen LogP contribution in [0.3, 0.4) is 0 Å². The van der Waals surface area contributed by atoms with Crippen LogP contribution in [-0.4, -0.2) is 37.2 Å². The molecule has 0 unspecified atom stereocenters. The van der Waals surface area contributed by atoms with Crippen molar-refractivity contribution in [3.63, 3.8) is 0 Å². The summed E-state index contributed by atoms with van der Waals surface area (Å²) in [7, 11) is 0. The van der Waals surface area contributed by atoms with Gasteiger partial charge >= 0.3 is 17.9 Å². The highest BCUT2D eigenvalue weighted by atomic mass is 16.6. The molecule has 0 aromatic heterocycles. The zero-order valence-corrected chi connectivity index (χ0v) is 41.4. The molecular formula is C56H102O6. The van der Waals surface area contributed by atoms with Gasteiger partial charge in [-0.1, -0.05) is 224 Å². The number of unbranched alkanes of at least 4 members (excludes halogenated alkanes) is 32. The summed E-state index contributed by atoms with van der Waals surface area (Å²) < 4.78 is 16.8. The van der Waals surface area contributed by atoms with Crippen molar-refractivity contribution in [3.8, 4) is 0 Å². The van der Waals surface area contributed by atoms with Gasteiger partial charge in [0, 0.05) is 19.3 Å². The third-order valence-corrected chi connectivity index (χ3v) is 11.9. The van der Waals surface area contributed by atoms with Crippen molar-refractivity contribution in [2.45, 2.75) is 290 Å². The van der Waals surface area contributed by atoms with E-state index in [1.165, 1.54) is 154 Å². The molecule has 0 spiro atoms. The highest BCUT2D eigenvalue weighted by molar-refractivity contribution is 5.71. The molecule has 0 rings (SSSR count). The lowest BCUT2D eigenvalue weighted by Gasteiger charge is -2.18. The first-order valence-corrected chi connectivity index (χ1v) is 27.0. The van der Waals surface area contributed by atoms with E-state index in [0.29, 0.717) is 19.3 Å². The van der Waals surface area contributed by atoms with Gasteiger partial charge in [-0.3, -0.25) is 14.4 Å². The minimum absolute atomic E-state index is 0.0773. The average Bonchev–Trinajstić information content (AvgIpc) is 3.27. The maximum Gasteiger partial charge on any atom is 0.306 e. The number of esters is 3. The molecule has 0 aliphatic rings. The zero-order chi connectivity index (χ0) is 45.1. The van der Waals surface area contributed by atoms with E-state index in [1.807, 2.05) is 0 Å². The highest BCUT2D eigenvalue weighted by Gasteiger charge is 2.19. The van der Waals surface area contributed by atoms with Crippen molar-refractivity contribution in [2.75, 3.05) is 13.2 Å². The summed E-state index contributed by atoms with van der Waals surface area (Å²) in [5, 5.41) is 0. The molecule has 1 atom stereocenters. The molecule has 62 heavy (non-hydrogen) atoms. The van der Waals surface area contributed by atoms with Gasteiger partial charge in [-0.05, 0) is 77.0 Å². The Morgan fingerprint density at radius 1 is 0.323 bits per heavy atom. The van der Waals surface area contributed by atoms with Crippen molar-refractivity contribution in [1.29, 1.82) is 0 Å². The van der Waals surface area contributed by atoms with Crippen LogP contribution in [0.1, 0.15) is 284 Å². The normalized spacial score (nSPS) is 12.2. The summed E-state index contributed by atoms with van der Waals surface area (Å²) >= 11 is 0. The fourth-order valence-corrected chi connectivity index (χ4v) is 7.76. The van der Waals surface area contributed by atoms with Crippen molar-refractivity contribution >= 4 is 17.9 Å².